The molecule has 2 aromatic heterocycles. The van der Waals surface area contributed by atoms with E-state index < -0.39 is 5.97 Å². The summed E-state index contributed by atoms with van der Waals surface area (Å²) in [5, 5.41) is 22.0. The van der Waals surface area contributed by atoms with E-state index in [2.05, 4.69) is 24.8 Å². The van der Waals surface area contributed by atoms with Gasteiger partial charge in [-0.15, -0.1) is 15.3 Å². The minimum atomic E-state index is -0.895. The largest absolute Gasteiger partial charge is 0.481 e. The maximum absolute atomic E-state index is 10.3. The molecule has 0 saturated heterocycles. The summed E-state index contributed by atoms with van der Waals surface area (Å²) in [4.78, 5) is 13.2. The van der Waals surface area contributed by atoms with Gasteiger partial charge in [0.05, 0.1) is 5.75 Å². The molecule has 0 fully saturated rings. The number of nitrogens with one attached hydrogen (secondary N) is 1. The second-order valence-electron chi connectivity index (χ2n) is 2.45. The molecule has 0 aromatic carbocycles. The van der Waals surface area contributed by atoms with E-state index in [0.717, 1.165) is 11.8 Å². The predicted octanol–water partition coefficient (Wildman–Crippen LogP) is 0.500. The Labute approximate surface area is 92.1 Å². The van der Waals surface area contributed by atoms with Crippen LogP contribution in [0.1, 0.15) is 0 Å². The molecule has 2 heterocycles. The van der Waals surface area contributed by atoms with Crippen molar-refractivity contribution >= 4 is 29.3 Å². The van der Waals surface area contributed by atoms with E-state index in [1.807, 2.05) is 0 Å². The Morgan fingerprint density at radius 3 is 3.07 bits per heavy atom. The standard InChI is InChI=1S/C6H5N5O2S2/c12-4(13)2-14-6-7-5(9-10-6)3-1-15-11-8-3/h1H,2H2,(H,12,13)(H,7,9,10). The third-order valence-corrected chi connectivity index (χ3v) is 2.75. The molecule has 0 atom stereocenters. The lowest BCUT2D eigenvalue weighted by Crippen LogP contribution is -1.97. The zero-order valence-corrected chi connectivity index (χ0v) is 8.88. The van der Waals surface area contributed by atoms with Crippen molar-refractivity contribution in [1.82, 2.24) is 24.8 Å². The molecule has 0 aliphatic heterocycles. The summed E-state index contributed by atoms with van der Waals surface area (Å²) in [5.74, 6) is -0.450. The lowest BCUT2D eigenvalue weighted by atomic mass is 10.5. The molecule has 2 rings (SSSR count). The zero-order valence-electron chi connectivity index (χ0n) is 7.25. The van der Waals surface area contributed by atoms with Crippen LogP contribution in [0.2, 0.25) is 0 Å². The van der Waals surface area contributed by atoms with Crippen molar-refractivity contribution in [1.29, 1.82) is 0 Å². The van der Waals surface area contributed by atoms with Gasteiger partial charge in [0.25, 0.3) is 0 Å². The Hall–Kier alpha value is -1.48. The number of nitrogens with zero attached hydrogens (tertiary/aromatic N) is 4. The number of rotatable bonds is 4. The number of carbonyl (C=O) groups is 1. The highest BCUT2D eigenvalue weighted by Gasteiger charge is 2.09. The van der Waals surface area contributed by atoms with Crippen LogP contribution in [0.3, 0.4) is 0 Å². The summed E-state index contributed by atoms with van der Waals surface area (Å²) in [5.41, 5.74) is 0.606. The molecule has 0 bridgehead atoms. The van der Waals surface area contributed by atoms with Crippen molar-refractivity contribution < 1.29 is 9.90 Å². The molecular weight excluding hydrogens is 238 g/mol. The van der Waals surface area contributed by atoms with Crippen LogP contribution in [-0.2, 0) is 4.79 Å². The number of hydrogen-bond donors (Lipinski definition) is 2. The first-order chi connectivity index (χ1) is 7.25. The normalized spacial score (nSPS) is 10.4. The Bertz CT molecular complexity index is 454. The van der Waals surface area contributed by atoms with Crippen molar-refractivity contribution in [3.05, 3.63) is 5.38 Å². The summed E-state index contributed by atoms with van der Waals surface area (Å²) in [6, 6.07) is 0. The number of H-pyrrole nitrogens is 1. The van der Waals surface area contributed by atoms with E-state index in [4.69, 9.17) is 5.11 Å². The van der Waals surface area contributed by atoms with E-state index in [1.165, 1.54) is 11.5 Å². The summed E-state index contributed by atoms with van der Waals surface area (Å²) in [6.07, 6.45) is 0. The molecule has 2 aromatic rings. The number of carboxylic acid groups (broad SMARTS) is 1. The molecule has 78 valence electrons. The van der Waals surface area contributed by atoms with E-state index >= 15 is 0 Å². The van der Waals surface area contributed by atoms with Crippen molar-refractivity contribution in [3.8, 4) is 11.5 Å². The van der Waals surface area contributed by atoms with Crippen molar-refractivity contribution in [3.63, 3.8) is 0 Å². The SMILES string of the molecule is O=C(O)CSc1nnc(-c2csnn2)[nH]1. The zero-order chi connectivity index (χ0) is 10.7. The van der Waals surface area contributed by atoms with E-state index in [9.17, 15) is 4.79 Å². The van der Waals surface area contributed by atoms with Crippen molar-refractivity contribution in [2.24, 2.45) is 0 Å². The topological polar surface area (TPSA) is 105 Å². The Kier molecular flexibility index (Phi) is 2.92. The number of aromatic amines is 1. The molecule has 0 unspecified atom stereocenters. The lowest BCUT2D eigenvalue weighted by molar-refractivity contribution is -0.133. The van der Waals surface area contributed by atoms with Gasteiger partial charge in [0, 0.05) is 5.38 Å². The molecule has 7 nitrogen and oxygen atoms in total. The van der Waals surface area contributed by atoms with Crippen LogP contribution in [-0.4, -0.2) is 41.6 Å². The van der Waals surface area contributed by atoms with Crippen LogP contribution in [0.4, 0.5) is 0 Å². The number of hydrogen-bond acceptors (Lipinski definition) is 7. The quantitative estimate of drug-likeness (QED) is 0.753. The number of aromatic nitrogens is 5. The van der Waals surface area contributed by atoms with Crippen LogP contribution in [0, 0.1) is 0 Å². The van der Waals surface area contributed by atoms with Gasteiger partial charge in [-0.2, -0.15) is 0 Å². The van der Waals surface area contributed by atoms with Crippen LogP contribution >= 0.6 is 23.3 Å². The fraction of sp³-hybridized carbons (Fsp3) is 0.167. The molecule has 2 N–H and O–H groups in total. The van der Waals surface area contributed by atoms with Gasteiger partial charge in [-0.1, -0.05) is 16.3 Å². The summed E-state index contributed by atoms with van der Waals surface area (Å²) in [6.45, 7) is 0. The van der Waals surface area contributed by atoms with Gasteiger partial charge in [0.2, 0.25) is 0 Å². The van der Waals surface area contributed by atoms with Gasteiger partial charge in [-0.3, -0.25) is 4.79 Å². The Morgan fingerprint density at radius 2 is 2.40 bits per heavy atom. The predicted molar refractivity (Wildman–Crippen MR) is 53.6 cm³/mol. The molecule has 0 spiro atoms. The third-order valence-electron chi connectivity index (χ3n) is 1.40. The number of thioether (sulfide) groups is 1. The first kappa shape index (κ1) is 10.1. The molecule has 0 aliphatic rings. The molecule has 0 radical (unpaired) electrons. The van der Waals surface area contributed by atoms with E-state index in [-0.39, 0.29) is 5.75 Å². The average molecular weight is 243 g/mol. The second kappa shape index (κ2) is 4.36. The monoisotopic (exact) mass is 243 g/mol. The minimum absolute atomic E-state index is 0.0516. The van der Waals surface area contributed by atoms with Crippen molar-refractivity contribution in [2.75, 3.05) is 5.75 Å². The van der Waals surface area contributed by atoms with Gasteiger partial charge in [-0.25, -0.2) is 0 Å². The van der Waals surface area contributed by atoms with Gasteiger partial charge < -0.3 is 10.1 Å². The Balaban J connectivity index is 2.08. The molecule has 0 aliphatic carbocycles. The maximum atomic E-state index is 10.3. The highest BCUT2D eigenvalue weighted by molar-refractivity contribution is 7.99. The van der Waals surface area contributed by atoms with Gasteiger partial charge in [0.1, 0.15) is 5.69 Å². The Morgan fingerprint density at radius 1 is 1.53 bits per heavy atom. The lowest BCUT2D eigenvalue weighted by Gasteiger charge is -1.89. The summed E-state index contributed by atoms with van der Waals surface area (Å²) >= 11 is 2.29. The van der Waals surface area contributed by atoms with Crippen molar-refractivity contribution in [2.45, 2.75) is 5.16 Å². The van der Waals surface area contributed by atoms with Crippen LogP contribution in [0.25, 0.3) is 11.5 Å². The third kappa shape index (κ3) is 2.50. The average Bonchev–Trinajstić information content (AvgIpc) is 2.85. The molecule has 0 saturated carbocycles. The van der Waals surface area contributed by atoms with E-state index in [0.29, 0.717) is 16.7 Å². The highest BCUT2D eigenvalue weighted by atomic mass is 32.2. The van der Waals surface area contributed by atoms with Crippen LogP contribution in [0.15, 0.2) is 10.5 Å². The first-order valence-electron chi connectivity index (χ1n) is 3.80. The van der Waals surface area contributed by atoms with Gasteiger partial charge in [-0.05, 0) is 11.5 Å². The molecule has 9 heteroatoms. The molecule has 0 amide bonds. The fourth-order valence-electron chi connectivity index (χ4n) is 0.825. The summed E-state index contributed by atoms with van der Waals surface area (Å²) in [7, 11) is 0. The number of aliphatic carboxylic acids is 1. The minimum Gasteiger partial charge on any atom is -0.481 e. The molecule has 15 heavy (non-hydrogen) atoms. The van der Waals surface area contributed by atoms with Crippen LogP contribution in [0.5, 0.6) is 0 Å². The highest BCUT2D eigenvalue weighted by Crippen LogP contribution is 2.17. The molecular formula is C6H5N5O2S2. The van der Waals surface area contributed by atoms with Gasteiger partial charge >= 0.3 is 5.97 Å². The number of carboxylic acids is 1. The van der Waals surface area contributed by atoms with Gasteiger partial charge in [0.15, 0.2) is 11.0 Å². The first-order valence-corrected chi connectivity index (χ1v) is 5.62. The van der Waals surface area contributed by atoms with E-state index in [1.54, 1.807) is 5.38 Å². The summed E-state index contributed by atoms with van der Waals surface area (Å²) < 4.78 is 3.69. The smallest absolute Gasteiger partial charge is 0.313 e. The fourth-order valence-corrected chi connectivity index (χ4v) is 1.79. The van der Waals surface area contributed by atoms with Crippen LogP contribution < -0.4 is 0 Å². The second-order valence-corrected chi connectivity index (χ2v) is 4.03. The maximum Gasteiger partial charge on any atom is 0.313 e.